The van der Waals surface area contributed by atoms with E-state index in [2.05, 4.69) is 0 Å². The molecule has 1 unspecified atom stereocenters. The molecule has 0 aliphatic carbocycles. The van der Waals surface area contributed by atoms with Crippen LogP contribution in [0.2, 0.25) is 0 Å². The Balaban J connectivity index is 2.72. The normalized spacial score (nSPS) is 22.2. The van der Waals surface area contributed by atoms with Crippen molar-refractivity contribution in [1.29, 1.82) is 0 Å². The first kappa shape index (κ1) is 15.0. The minimum Gasteiger partial charge on any atom is -0.458 e. The quantitative estimate of drug-likeness (QED) is 0.759. The molecule has 104 valence electrons. The molecular weight excluding hydrogens is 232 g/mol. The third kappa shape index (κ3) is 3.70. The molecule has 2 N–H and O–H groups in total. The highest BCUT2D eigenvalue weighted by atomic mass is 16.6. The maximum Gasteiger partial charge on any atom is 0.329 e. The number of hydrogen-bond donors (Lipinski definition) is 1. The molecule has 0 bridgehead atoms. The molecule has 0 aromatic heterocycles. The van der Waals surface area contributed by atoms with Gasteiger partial charge in [0.25, 0.3) is 0 Å². The lowest BCUT2D eigenvalue weighted by Crippen LogP contribution is -2.45. The van der Waals surface area contributed by atoms with Crippen molar-refractivity contribution in [3.63, 3.8) is 0 Å². The van der Waals surface area contributed by atoms with E-state index < -0.39 is 11.6 Å². The van der Waals surface area contributed by atoms with E-state index in [0.717, 1.165) is 0 Å². The summed E-state index contributed by atoms with van der Waals surface area (Å²) in [6.45, 7) is 8.40. The second kappa shape index (κ2) is 5.69. The minimum absolute atomic E-state index is 0.00293. The fraction of sp³-hybridized carbons (Fsp3) is 0.846. The van der Waals surface area contributed by atoms with Crippen molar-refractivity contribution >= 4 is 11.9 Å². The van der Waals surface area contributed by atoms with Crippen molar-refractivity contribution in [2.24, 2.45) is 11.7 Å². The zero-order chi connectivity index (χ0) is 13.9. The van der Waals surface area contributed by atoms with Gasteiger partial charge in [-0.3, -0.25) is 4.79 Å². The average Bonchev–Trinajstić information content (AvgIpc) is 2.59. The van der Waals surface area contributed by atoms with Gasteiger partial charge in [0.1, 0.15) is 11.6 Å². The number of rotatable bonds is 4. The van der Waals surface area contributed by atoms with Crippen LogP contribution in [-0.2, 0) is 14.3 Å². The SMILES string of the molecule is CC[C@H](C(=O)OC(C)(C)C)N1CC(CN)CC1=O. The second-order valence-corrected chi connectivity index (χ2v) is 5.81. The van der Waals surface area contributed by atoms with E-state index in [0.29, 0.717) is 25.9 Å². The lowest BCUT2D eigenvalue weighted by molar-refractivity contribution is -0.163. The molecule has 1 saturated heterocycles. The first-order valence-corrected chi connectivity index (χ1v) is 6.51. The Labute approximate surface area is 109 Å². The number of ether oxygens (including phenoxy) is 1. The fourth-order valence-corrected chi connectivity index (χ4v) is 2.15. The number of carbonyl (C=O) groups excluding carboxylic acids is 2. The van der Waals surface area contributed by atoms with Crippen molar-refractivity contribution in [1.82, 2.24) is 4.90 Å². The van der Waals surface area contributed by atoms with Gasteiger partial charge in [0.15, 0.2) is 0 Å². The molecule has 0 aromatic rings. The second-order valence-electron chi connectivity index (χ2n) is 5.81. The van der Waals surface area contributed by atoms with Crippen LogP contribution in [-0.4, -0.2) is 41.5 Å². The molecule has 1 heterocycles. The van der Waals surface area contributed by atoms with Crippen molar-refractivity contribution in [2.75, 3.05) is 13.1 Å². The third-order valence-corrected chi connectivity index (χ3v) is 3.01. The Morgan fingerprint density at radius 1 is 1.56 bits per heavy atom. The Hall–Kier alpha value is -1.10. The van der Waals surface area contributed by atoms with Crippen LogP contribution in [0, 0.1) is 5.92 Å². The van der Waals surface area contributed by atoms with Crippen LogP contribution in [0.1, 0.15) is 40.5 Å². The van der Waals surface area contributed by atoms with Gasteiger partial charge in [0, 0.05) is 13.0 Å². The van der Waals surface area contributed by atoms with Crippen LogP contribution in [0.25, 0.3) is 0 Å². The zero-order valence-corrected chi connectivity index (χ0v) is 11.7. The summed E-state index contributed by atoms with van der Waals surface area (Å²) in [4.78, 5) is 25.6. The van der Waals surface area contributed by atoms with Crippen LogP contribution in [0.4, 0.5) is 0 Å². The molecule has 1 amide bonds. The van der Waals surface area contributed by atoms with Crippen molar-refractivity contribution in [3.05, 3.63) is 0 Å². The largest absolute Gasteiger partial charge is 0.458 e. The zero-order valence-electron chi connectivity index (χ0n) is 11.7. The summed E-state index contributed by atoms with van der Waals surface area (Å²) in [5.41, 5.74) is 5.06. The van der Waals surface area contributed by atoms with Gasteiger partial charge in [0.2, 0.25) is 5.91 Å². The highest BCUT2D eigenvalue weighted by Gasteiger charge is 2.37. The number of nitrogens with zero attached hydrogens (tertiary/aromatic N) is 1. The number of carbonyl (C=O) groups is 2. The summed E-state index contributed by atoms with van der Waals surface area (Å²) in [5.74, 6) is -0.159. The van der Waals surface area contributed by atoms with Crippen LogP contribution in [0.5, 0.6) is 0 Å². The molecule has 2 atom stereocenters. The smallest absolute Gasteiger partial charge is 0.329 e. The highest BCUT2D eigenvalue weighted by molar-refractivity contribution is 5.86. The summed E-state index contributed by atoms with van der Waals surface area (Å²) in [5, 5.41) is 0. The summed E-state index contributed by atoms with van der Waals surface area (Å²) in [6, 6.07) is -0.478. The van der Waals surface area contributed by atoms with Crippen LogP contribution >= 0.6 is 0 Å². The molecule has 1 fully saturated rings. The van der Waals surface area contributed by atoms with Gasteiger partial charge in [-0.15, -0.1) is 0 Å². The molecule has 18 heavy (non-hydrogen) atoms. The van der Waals surface area contributed by atoms with Gasteiger partial charge in [-0.1, -0.05) is 6.92 Å². The van der Waals surface area contributed by atoms with Gasteiger partial charge < -0.3 is 15.4 Å². The topological polar surface area (TPSA) is 72.6 Å². The average molecular weight is 256 g/mol. The van der Waals surface area contributed by atoms with E-state index in [9.17, 15) is 9.59 Å². The Morgan fingerprint density at radius 2 is 2.17 bits per heavy atom. The molecule has 5 heteroatoms. The van der Waals surface area contributed by atoms with E-state index >= 15 is 0 Å². The number of amides is 1. The third-order valence-electron chi connectivity index (χ3n) is 3.01. The Kier molecular flexibility index (Phi) is 4.73. The number of nitrogens with two attached hydrogens (primary N) is 1. The van der Waals surface area contributed by atoms with E-state index in [4.69, 9.17) is 10.5 Å². The van der Waals surface area contributed by atoms with E-state index in [1.165, 1.54) is 0 Å². The molecule has 1 rings (SSSR count). The molecule has 0 radical (unpaired) electrons. The number of hydrogen-bond acceptors (Lipinski definition) is 4. The standard InChI is InChI=1S/C13H24N2O3/c1-5-10(12(17)18-13(2,3)4)15-8-9(7-14)6-11(15)16/h9-10H,5-8,14H2,1-4H3/t9?,10-/m1/s1. The first-order chi connectivity index (χ1) is 8.28. The van der Waals surface area contributed by atoms with Crippen molar-refractivity contribution in [2.45, 2.75) is 52.2 Å². The highest BCUT2D eigenvalue weighted by Crippen LogP contribution is 2.22. The lowest BCUT2D eigenvalue weighted by Gasteiger charge is -2.29. The first-order valence-electron chi connectivity index (χ1n) is 6.51. The summed E-state index contributed by atoms with van der Waals surface area (Å²) in [6.07, 6.45) is 1.01. The number of esters is 1. The molecule has 1 aliphatic heterocycles. The summed E-state index contributed by atoms with van der Waals surface area (Å²) < 4.78 is 5.36. The van der Waals surface area contributed by atoms with Gasteiger partial charge >= 0.3 is 5.97 Å². The molecular formula is C13H24N2O3. The van der Waals surface area contributed by atoms with Gasteiger partial charge in [-0.2, -0.15) is 0 Å². The molecule has 5 nitrogen and oxygen atoms in total. The van der Waals surface area contributed by atoms with Gasteiger partial charge in [-0.25, -0.2) is 4.79 Å². The van der Waals surface area contributed by atoms with Gasteiger partial charge in [0.05, 0.1) is 0 Å². The van der Waals surface area contributed by atoms with Crippen molar-refractivity contribution < 1.29 is 14.3 Å². The fourth-order valence-electron chi connectivity index (χ4n) is 2.15. The maximum atomic E-state index is 12.1. The molecule has 0 aromatic carbocycles. The van der Waals surface area contributed by atoms with E-state index in [1.54, 1.807) is 4.90 Å². The van der Waals surface area contributed by atoms with Gasteiger partial charge in [-0.05, 0) is 39.7 Å². The Bertz CT molecular complexity index is 323. The van der Waals surface area contributed by atoms with Crippen LogP contribution in [0.3, 0.4) is 0 Å². The predicted molar refractivity (Wildman–Crippen MR) is 68.8 cm³/mol. The van der Waals surface area contributed by atoms with E-state index in [1.807, 2.05) is 27.7 Å². The van der Waals surface area contributed by atoms with E-state index in [-0.39, 0.29) is 17.8 Å². The van der Waals surface area contributed by atoms with Crippen LogP contribution in [0.15, 0.2) is 0 Å². The molecule has 0 spiro atoms. The summed E-state index contributed by atoms with van der Waals surface area (Å²) in [7, 11) is 0. The Morgan fingerprint density at radius 3 is 2.56 bits per heavy atom. The van der Waals surface area contributed by atoms with Crippen molar-refractivity contribution in [3.8, 4) is 0 Å². The monoisotopic (exact) mass is 256 g/mol. The van der Waals surface area contributed by atoms with Crippen LogP contribution < -0.4 is 5.73 Å². The maximum absolute atomic E-state index is 12.1. The minimum atomic E-state index is -0.527. The predicted octanol–water partition coefficient (Wildman–Crippen LogP) is 0.914. The summed E-state index contributed by atoms with van der Waals surface area (Å²) >= 11 is 0. The molecule has 1 aliphatic rings. The number of likely N-dealkylation sites (tertiary alicyclic amines) is 1. The lowest BCUT2D eigenvalue weighted by atomic mass is 10.1. The molecule has 0 saturated carbocycles.